The predicted octanol–water partition coefficient (Wildman–Crippen LogP) is 4.72. The maximum Gasteiger partial charge on any atom is 0.190 e. The highest BCUT2D eigenvalue weighted by Gasteiger charge is 2.07. The van der Waals surface area contributed by atoms with Gasteiger partial charge in [0, 0.05) is 5.69 Å². The van der Waals surface area contributed by atoms with E-state index in [2.05, 4.69) is 41.6 Å². The summed E-state index contributed by atoms with van der Waals surface area (Å²) in [4.78, 5) is 4.58. The molecule has 0 amide bonds. The van der Waals surface area contributed by atoms with Crippen LogP contribution in [0.5, 0.6) is 0 Å². The second kappa shape index (κ2) is 5.79. The average molecular weight is 313 g/mol. The van der Waals surface area contributed by atoms with Crippen molar-refractivity contribution >= 4 is 49.7 Å². The maximum absolute atomic E-state index is 5.32. The topological polar surface area (TPSA) is 37.0 Å². The predicted molar refractivity (Wildman–Crippen MR) is 95.4 cm³/mol. The van der Waals surface area contributed by atoms with E-state index >= 15 is 0 Å². The first-order chi connectivity index (χ1) is 10.1. The summed E-state index contributed by atoms with van der Waals surface area (Å²) < 4.78 is 1.17. The van der Waals surface area contributed by atoms with E-state index in [0.717, 1.165) is 16.3 Å². The van der Waals surface area contributed by atoms with Crippen LogP contribution in [-0.4, -0.2) is 10.1 Å². The Kier molecular flexibility index (Phi) is 3.86. The highest BCUT2D eigenvalue weighted by molar-refractivity contribution is 7.80. The van der Waals surface area contributed by atoms with Gasteiger partial charge in [-0.1, -0.05) is 29.5 Å². The minimum Gasteiger partial charge on any atom is -0.332 e. The average Bonchev–Trinajstić information content (AvgIpc) is 2.81. The Labute approximate surface area is 133 Å². The molecule has 0 aliphatic carbocycles. The number of thiocarbonyl (C=S) groups is 1. The van der Waals surface area contributed by atoms with Crippen molar-refractivity contribution in [1.82, 2.24) is 4.98 Å². The SMILES string of the molecule is Cc1cc2nc(NC(=S)Nc3ccccc3)sc2cc1C. The van der Waals surface area contributed by atoms with Gasteiger partial charge >= 0.3 is 0 Å². The number of anilines is 2. The first kappa shape index (κ1) is 14.0. The molecule has 0 unspecified atom stereocenters. The lowest BCUT2D eigenvalue weighted by Gasteiger charge is -2.07. The van der Waals surface area contributed by atoms with Crippen molar-refractivity contribution in [3.63, 3.8) is 0 Å². The van der Waals surface area contributed by atoms with Gasteiger partial charge in [0.05, 0.1) is 10.2 Å². The van der Waals surface area contributed by atoms with Crippen LogP contribution < -0.4 is 10.6 Å². The number of fused-ring (bicyclic) bond motifs is 1. The molecule has 2 aromatic carbocycles. The van der Waals surface area contributed by atoms with Gasteiger partial charge in [-0.3, -0.25) is 0 Å². The van der Waals surface area contributed by atoms with E-state index in [9.17, 15) is 0 Å². The molecule has 1 heterocycles. The highest BCUT2D eigenvalue weighted by atomic mass is 32.1. The van der Waals surface area contributed by atoms with Gasteiger partial charge in [-0.2, -0.15) is 0 Å². The molecule has 21 heavy (non-hydrogen) atoms. The van der Waals surface area contributed by atoms with Crippen LogP contribution in [-0.2, 0) is 0 Å². The zero-order valence-electron chi connectivity index (χ0n) is 11.8. The summed E-state index contributed by atoms with van der Waals surface area (Å²) in [5, 5.41) is 7.65. The molecule has 3 nitrogen and oxygen atoms in total. The van der Waals surface area contributed by atoms with Crippen molar-refractivity contribution in [3.05, 3.63) is 53.6 Å². The van der Waals surface area contributed by atoms with Gasteiger partial charge in [0.2, 0.25) is 0 Å². The zero-order chi connectivity index (χ0) is 14.8. The van der Waals surface area contributed by atoms with Crippen LogP contribution in [0, 0.1) is 13.8 Å². The first-order valence-corrected chi connectivity index (χ1v) is 7.85. The molecule has 0 fully saturated rings. The number of aryl methyl sites for hydroxylation is 2. The van der Waals surface area contributed by atoms with Gasteiger partial charge in [-0.15, -0.1) is 0 Å². The smallest absolute Gasteiger partial charge is 0.190 e. The summed E-state index contributed by atoms with van der Waals surface area (Å²) in [5.74, 6) is 0. The number of aromatic nitrogens is 1. The van der Waals surface area contributed by atoms with Crippen LogP contribution >= 0.6 is 23.6 Å². The minimum atomic E-state index is 0.550. The third-order valence-corrected chi connectivity index (χ3v) is 4.39. The second-order valence-electron chi connectivity index (χ2n) is 4.87. The van der Waals surface area contributed by atoms with Crippen LogP contribution in [0.4, 0.5) is 10.8 Å². The van der Waals surface area contributed by atoms with Crippen LogP contribution in [0.3, 0.4) is 0 Å². The molecule has 2 N–H and O–H groups in total. The highest BCUT2D eigenvalue weighted by Crippen LogP contribution is 2.28. The fraction of sp³-hybridized carbons (Fsp3) is 0.125. The third-order valence-electron chi connectivity index (χ3n) is 3.26. The van der Waals surface area contributed by atoms with E-state index in [-0.39, 0.29) is 0 Å². The number of hydrogen-bond donors (Lipinski definition) is 2. The van der Waals surface area contributed by atoms with E-state index in [1.165, 1.54) is 15.8 Å². The van der Waals surface area contributed by atoms with Gasteiger partial charge in [0.1, 0.15) is 0 Å². The van der Waals surface area contributed by atoms with Crippen molar-refractivity contribution < 1.29 is 0 Å². The molecule has 3 aromatic rings. The number of nitrogens with zero attached hydrogens (tertiary/aromatic N) is 1. The first-order valence-electron chi connectivity index (χ1n) is 6.62. The van der Waals surface area contributed by atoms with Crippen LogP contribution in [0.15, 0.2) is 42.5 Å². The van der Waals surface area contributed by atoms with Crippen molar-refractivity contribution in [2.24, 2.45) is 0 Å². The lowest BCUT2D eigenvalue weighted by atomic mass is 10.1. The number of thiazole rings is 1. The Bertz CT molecular complexity index is 755. The van der Waals surface area contributed by atoms with Gasteiger partial charge in [0.15, 0.2) is 10.2 Å². The molecule has 5 heteroatoms. The van der Waals surface area contributed by atoms with Crippen molar-refractivity contribution in [3.8, 4) is 0 Å². The Morgan fingerprint density at radius 1 is 1.05 bits per heavy atom. The van der Waals surface area contributed by atoms with Gasteiger partial charge in [-0.05, 0) is 61.5 Å². The summed E-state index contributed by atoms with van der Waals surface area (Å²) >= 11 is 6.93. The Hall–Kier alpha value is -1.98. The van der Waals surface area contributed by atoms with Gasteiger partial charge in [-0.25, -0.2) is 4.98 Å². The molecule has 0 bridgehead atoms. The molecule has 3 rings (SSSR count). The quantitative estimate of drug-likeness (QED) is 0.671. The Morgan fingerprint density at radius 3 is 2.52 bits per heavy atom. The number of para-hydroxylation sites is 1. The number of rotatable bonds is 2. The van der Waals surface area contributed by atoms with Crippen LogP contribution in [0.1, 0.15) is 11.1 Å². The third kappa shape index (κ3) is 3.20. The molecule has 0 aliphatic heterocycles. The monoisotopic (exact) mass is 313 g/mol. The van der Waals surface area contributed by atoms with Crippen molar-refractivity contribution in [1.29, 1.82) is 0 Å². The molecule has 0 radical (unpaired) electrons. The van der Waals surface area contributed by atoms with E-state index in [4.69, 9.17) is 12.2 Å². The fourth-order valence-corrected chi connectivity index (χ4v) is 3.24. The fourth-order valence-electron chi connectivity index (χ4n) is 2.01. The van der Waals surface area contributed by atoms with E-state index in [0.29, 0.717) is 5.11 Å². The summed E-state index contributed by atoms with van der Waals surface area (Å²) in [6.07, 6.45) is 0. The standard InChI is InChI=1S/C16H15N3S2/c1-10-8-13-14(9-11(10)2)21-16(18-13)19-15(20)17-12-6-4-3-5-7-12/h3-9H,1-2H3,(H2,17,18,19,20). The summed E-state index contributed by atoms with van der Waals surface area (Å²) in [6.45, 7) is 4.21. The summed E-state index contributed by atoms with van der Waals surface area (Å²) in [5.41, 5.74) is 4.50. The molecule has 0 saturated heterocycles. The Morgan fingerprint density at radius 2 is 1.76 bits per heavy atom. The summed E-state index contributed by atoms with van der Waals surface area (Å²) in [6, 6.07) is 14.1. The number of hydrogen-bond acceptors (Lipinski definition) is 3. The van der Waals surface area contributed by atoms with E-state index in [1.807, 2.05) is 30.3 Å². The van der Waals surface area contributed by atoms with Crippen LogP contribution in [0.2, 0.25) is 0 Å². The lowest BCUT2D eigenvalue weighted by molar-refractivity contribution is 1.35. The second-order valence-corrected chi connectivity index (χ2v) is 6.31. The zero-order valence-corrected chi connectivity index (χ0v) is 13.4. The maximum atomic E-state index is 5.32. The molecule has 0 spiro atoms. The van der Waals surface area contributed by atoms with Crippen molar-refractivity contribution in [2.75, 3.05) is 10.6 Å². The van der Waals surface area contributed by atoms with Gasteiger partial charge < -0.3 is 10.6 Å². The molecule has 1 aromatic heterocycles. The largest absolute Gasteiger partial charge is 0.332 e. The number of benzene rings is 2. The molecular formula is C16H15N3S2. The number of nitrogens with one attached hydrogen (secondary N) is 2. The van der Waals surface area contributed by atoms with E-state index in [1.54, 1.807) is 11.3 Å². The van der Waals surface area contributed by atoms with Crippen molar-refractivity contribution in [2.45, 2.75) is 13.8 Å². The van der Waals surface area contributed by atoms with Crippen LogP contribution in [0.25, 0.3) is 10.2 Å². The molecule has 0 saturated carbocycles. The van der Waals surface area contributed by atoms with E-state index < -0.39 is 0 Å². The molecule has 0 atom stereocenters. The molecule has 0 aliphatic rings. The molecular weight excluding hydrogens is 298 g/mol. The lowest BCUT2D eigenvalue weighted by Crippen LogP contribution is -2.18. The normalized spacial score (nSPS) is 10.6. The minimum absolute atomic E-state index is 0.550. The Balaban J connectivity index is 1.77. The van der Waals surface area contributed by atoms with Gasteiger partial charge in [0.25, 0.3) is 0 Å². The molecule has 106 valence electrons. The summed E-state index contributed by atoms with van der Waals surface area (Å²) in [7, 11) is 0.